The maximum absolute atomic E-state index is 13.1. The van der Waals surface area contributed by atoms with Crippen LogP contribution in [0.25, 0.3) is 0 Å². The molecule has 0 radical (unpaired) electrons. The van der Waals surface area contributed by atoms with Crippen LogP contribution in [0.2, 0.25) is 0 Å². The molecule has 0 unspecified atom stereocenters. The zero-order valence-corrected chi connectivity index (χ0v) is 17.5. The third-order valence-corrected chi connectivity index (χ3v) is 5.90. The number of nitrogens with zero attached hydrogens (tertiary/aromatic N) is 4. The maximum Gasteiger partial charge on any atom is 0.274 e. The van der Waals surface area contributed by atoms with Crippen LogP contribution in [0, 0.1) is 0 Å². The van der Waals surface area contributed by atoms with E-state index in [0.717, 1.165) is 51.0 Å². The Labute approximate surface area is 168 Å². The third-order valence-electron chi connectivity index (χ3n) is 5.90. The minimum Gasteiger partial charge on any atom is -0.378 e. The summed E-state index contributed by atoms with van der Waals surface area (Å²) in [7, 11) is 0. The quantitative estimate of drug-likeness (QED) is 0.646. The van der Waals surface area contributed by atoms with Crippen LogP contribution < -0.4 is 5.32 Å². The van der Waals surface area contributed by atoms with Crippen molar-refractivity contribution in [3.8, 4) is 0 Å². The molecule has 0 saturated carbocycles. The van der Waals surface area contributed by atoms with E-state index in [1.165, 1.54) is 5.69 Å². The first kappa shape index (κ1) is 21.0. The van der Waals surface area contributed by atoms with Crippen LogP contribution >= 0.6 is 0 Å². The molecule has 1 aliphatic carbocycles. The first-order valence-electron chi connectivity index (χ1n) is 10.7. The number of carbonyl (C=O) groups is 1. The minimum atomic E-state index is 0.0474. The lowest BCUT2D eigenvalue weighted by atomic mass is 9.91. The molecule has 0 spiro atoms. The normalized spacial score (nSPS) is 19.7. The molecular weight excluding hydrogens is 354 g/mol. The highest BCUT2D eigenvalue weighted by Crippen LogP contribution is 2.26. The molecule has 1 aromatic heterocycles. The van der Waals surface area contributed by atoms with Gasteiger partial charge in [-0.3, -0.25) is 9.48 Å². The zero-order valence-electron chi connectivity index (χ0n) is 17.5. The molecule has 7 heteroatoms. The number of carbonyl (C=O) groups excluding carboxylic acids is 1. The summed E-state index contributed by atoms with van der Waals surface area (Å²) in [6.07, 6.45) is 4.76. The van der Waals surface area contributed by atoms with Crippen molar-refractivity contribution in [1.82, 2.24) is 24.9 Å². The number of fused-ring (bicyclic) bond motifs is 1. The first-order chi connectivity index (χ1) is 13.7. The van der Waals surface area contributed by atoms with E-state index in [1.807, 2.05) is 15.7 Å². The van der Waals surface area contributed by atoms with Gasteiger partial charge in [0.2, 0.25) is 0 Å². The number of hydrogen-bond donors (Lipinski definition) is 1. The van der Waals surface area contributed by atoms with Crippen LogP contribution in [0.3, 0.4) is 0 Å². The van der Waals surface area contributed by atoms with Gasteiger partial charge in [0.15, 0.2) is 5.69 Å². The van der Waals surface area contributed by atoms with Gasteiger partial charge in [-0.1, -0.05) is 19.9 Å². The van der Waals surface area contributed by atoms with Crippen LogP contribution in [-0.2, 0) is 24.1 Å². The first-order valence-corrected chi connectivity index (χ1v) is 10.7. The Balaban J connectivity index is 1.71. The monoisotopic (exact) mass is 389 g/mol. The van der Waals surface area contributed by atoms with E-state index in [0.29, 0.717) is 44.6 Å². The molecule has 1 fully saturated rings. The Bertz CT molecular complexity index is 662. The predicted octanol–water partition coefficient (Wildman–Crippen LogP) is 1.33. The van der Waals surface area contributed by atoms with Crippen molar-refractivity contribution in [2.45, 2.75) is 45.7 Å². The Hall–Kier alpha value is -1.70. The Morgan fingerprint density at radius 2 is 2.11 bits per heavy atom. The molecule has 2 heterocycles. The molecule has 1 amide bonds. The highest BCUT2D eigenvalue weighted by molar-refractivity contribution is 5.94. The number of ether oxygens (including phenoxy) is 1. The lowest BCUT2D eigenvalue weighted by Crippen LogP contribution is -2.42. The third kappa shape index (κ3) is 4.82. The largest absolute Gasteiger partial charge is 0.378 e. The van der Waals surface area contributed by atoms with Crippen molar-refractivity contribution >= 4 is 5.91 Å². The van der Waals surface area contributed by atoms with E-state index in [4.69, 9.17) is 9.84 Å². The summed E-state index contributed by atoms with van der Waals surface area (Å²) >= 11 is 0. The summed E-state index contributed by atoms with van der Waals surface area (Å²) in [5.41, 5.74) is 2.97. The topological polar surface area (TPSA) is 62.6 Å². The van der Waals surface area contributed by atoms with Gasteiger partial charge < -0.3 is 19.9 Å². The van der Waals surface area contributed by atoms with Gasteiger partial charge in [0, 0.05) is 43.5 Å². The van der Waals surface area contributed by atoms with Crippen molar-refractivity contribution in [2.24, 2.45) is 0 Å². The second-order valence-corrected chi connectivity index (χ2v) is 7.57. The van der Waals surface area contributed by atoms with Gasteiger partial charge in [-0.25, -0.2) is 0 Å². The fourth-order valence-electron chi connectivity index (χ4n) is 4.19. The van der Waals surface area contributed by atoms with E-state index in [2.05, 4.69) is 30.6 Å². The Morgan fingerprint density at radius 3 is 2.79 bits per heavy atom. The van der Waals surface area contributed by atoms with Crippen molar-refractivity contribution < 1.29 is 9.53 Å². The average molecular weight is 390 g/mol. The van der Waals surface area contributed by atoms with Crippen LogP contribution in [0.15, 0.2) is 12.7 Å². The highest BCUT2D eigenvalue weighted by atomic mass is 16.5. The molecule has 1 aliphatic heterocycles. The SMILES string of the molecule is C=CCn1nc(C(=O)N2CCOCC2)c2c1CC[C@H](NCCN(CC)CC)C2. The van der Waals surface area contributed by atoms with Crippen molar-refractivity contribution in [1.29, 1.82) is 0 Å². The molecule has 1 N–H and O–H groups in total. The standard InChI is InChI=1S/C21H35N5O2/c1-4-10-26-19-8-7-17(22-9-11-24(5-2)6-3)16-18(19)20(23-26)21(27)25-12-14-28-15-13-25/h4,17,22H,1,5-16H2,2-3H3/t17-/m0/s1. The Morgan fingerprint density at radius 1 is 1.36 bits per heavy atom. The molecule has 7 nitrogen and oxygen atoms in total. The lowest BCUT2D eigenvalue weighted by molar-refractivity contribution is 0.0297. The second kappa shape index (κ2) is 10.2. The van der Waals surface area contributed by atoms with Crippen LogP contribution in [0.5, 0.6) is 0 Å². The van der Waals surface area contributed by atoms with Gasteiger partial charge in [0.25, 0.3) is 5.91 Å². The van der Waals surface area contributed by atoms with Crippen molar-refractivity contribution in [3.05, 3.63) is 29.6 Å². The van der Waals surface area contributed by atoms with Gasteiger partial charge in [0.1, 0.15) is 0 Å². The number of allylic oxidation sites excluding steroid dienone is 1. The highest BCUT2D eigenvalue weighted by Gasteiger charge is 2.31. The summed E-state index contributed by atoms with van der Waals surface area (Å²) in [4.78, 5) is 17.4. The van der Waals surface area contributed by atoms with E-state index in [1.54, 1.807) is 0 Å². The van der Waals surface area contributed by atoms with Crippen LogP contribution in [0.1, 0.15) is 42.0 Å². The molecule has 1 aromatic rings. The molecule has 3 rings (SSSR count). The smallest absolute Gasteiger partial charge is 0.274 e. The maximum atomic E-state index is 13.1. The molecule has 1 atom stereocenters. The summed E-state index contributed by atoms with van der Waals surface area (Å²) in [6.45, 7) is 15.6. The number of morpholine rings is 1. The lowest BCUT2D eigenvalue weighted by Gasteiger charge is -2.28. The summed E-state index contributed by atoms with van der Waals surface area (Å²) < 4.78 is 7.37. The van der Waals surface area contributed by atoms with E-state index >= 15 is 0 Å². The summed E-state index contributed by atoms with van der Waals surface area (Å²) in [6, 6.07) is 0.403. The second-order valence-electron chi connectivity index (χ2n) is 7.57. The van der Waals surface area contributed by atoms with Gasteiger partial charge in [-0.05, 0) is 32.4 Å². The van der Waals surface area contributed by atoms with Gasteiger partial charge in [-0.15, -0.1) is 6.58 Å². The fraction of sp³-hybridized carbons (Fsp3) is 0.714. The minimum absolute atomic E-state index is 0.0474. The molecule has 156 valence electrons. The number of hydrogen-bond acceptors (Lipinski definition) is 5. The van der Waals surface area contributed by atoms with Gasteiger partial charge >= 0.3 is 0 Å². The molecule has 0 aromatic carbocycles. The molecule has 1 saturated heterocycles. The van der Waals surface area contributed by atoms with Gasteiger partial charge in [0.05, 0.1) is 19.8 Å². The van der Waals surface area contributed by atoms with Crippen LogP contribution in [-0.4, -0.2) is 84.0 Å². The molecule has 2 aliphatic rings. The number of amides is 1. The van der Waals surface area contributed by atoms with E-state index < -0.39 is 0 Å². The molecular formula is C21H35N5O2. The van der Waals surface area contributed by atoms with Crippen molar-refractivity contribution in [3.63, 3.8) is 0 Å². The average Bonchev–Trinajstić information content (AvgIpc) is 3.09. The van der Waals surface area contributed by atoms with Crippen molar-refractivity contribution in [2.75, 3.05) is 52.5 Å². The zero-order chi connectivity index (χ0) is 19.9. The van der Waals surface area contributed by atoms with E-state index in [-0.39, 0.29) is 5.91 Å². The van der Waals surface area contributed by atoms with E-state index in [9.17, 15) is 4.79 Å². The number of likely N-dealkylation sites (N-methyl/N-ethyl adjacent to an activating group) is 1. The molecule has 28 heavy (non-hydrogen) atoms. The summed E-state index contributed by atoms with van der Waals surface area (Å²) in [5.74, 6) is 0.0474. The predicted molar refractivity (Wildman–Crippen MR) is 111 cm³/mol. The Kier molecular flexibility index (Phi) is 7.65. The number of aromatic nitrogens is 2. The van der Waals surface area contributed by atoms with Crippen LogP contribution in [0.4, 0.5) is 0 Å². The van der Waals surface area contributed by atoms with Gasteiger partial charge in [-0.2, -0.15) is 5.10 Å². The molecule has 0 bridgehead atoms. The fourth-order valence-corrected chi connectivity index (χ4v) is 4.19. The number of nitrogens with one attached hydrogen (secondary N) is 1. The summed E-state index contributed by atoms with van der Waals surface area (Å²) in [5, 5.41) is 8.41. The number of rotatable bonds is 9.